The Labute approximate surface area is 148 Å². The number of nitrogens with zero attached hydrogens (tertiary/aromatic N) is 1. The molecule has 2 aliphatic rings. The molecule has 2 heterocycles. The van der Waals surface area contributed by atoms with E-state index in [1.807, 2.05) is 18.2 Å². The van der Waals surface area contributed by atoms with Gasteiger partial charge in [-0.2, -0.15) is 0 Å². The Morgan fingerprint density at radius 3 is 2.76 bits per heavy atom. The van der Waals surface area contributed by atoms with Crippen molar-refractivity contribution in [2.45, 2.75) is 31.3 Å². The maximum Gasteiger partial charge on any atom is 0.315 e. The molecule has 2 saturated heterocycles. The predicted octanol–water partition coefficient (Wildman–Crippen LogP) is 1.02. The summed E-state index contributed by atoms with van der Waals surface area (Å²) in [7, 11) is 1.67. The highest BCUT2D eigenvalue weighted by Gasteiger charge is 2.29. The van der Waals surface area contributed by atoms with E-state index in [9.17, 15) is 9.59 Å². The molecule has 2 aliphatic heterocycles. The van der Waals surface area contributed by atoms with E-state index in [0.29, 0.717) is 13.1 Å². The molecule has 3 amide bonds. The number of methoxy groups -OCH3 is 1. The average Bonchev–Trinajstić information content (AvgIpc) is 3.09. The third kappa shape index (κ3) is 4.22. The van der Waals surface area contributed by atoms with E-state index in [0.717, 1.165) is 24.4 Å². The summed E-state index contributed by atoms with van der Waals surface area (Å²) in [6, 6.07) is 7.22. The van der Waals surface area contributed by atoms with Gasteiger partial charge in [0.2, 0.25) is 5.91 Å². The average molecular weight is 346 g/mol. The van der Waals surface area contributed by atoms with Crippen LogP contribution < -0.4 is 20.7 Å². The van der Waals surface area contributed by atoms with E-state index in [1.165, 1.54) is 19.3 Å². The molecule has 136 valence electrons. The Bertz CT molecular complexity index is 616. The largest absolute Gasteiger partial charge is 0.496 e. The van der Waals surface area contributed by atoms with Gasteiger partial charge in [0.05, 0.1) is 13.2 Å². The zero-order valence-electron chi connectivity index (χ0n) is 14.6. The van der Waals surface area contributed by atoms with Crippen LogP contribution in [0.2, 0.25) is 0 Å². The minimum absolute atomic E-state index is 0.0606. The molecule has 0 aliphatic carbocycles. The summed E-state index contributed by atoms with van der Waals surface area (Å²) in [5, 5.41) is 8.23. The van der Waals surface area contributed by atoms with E-state index in [-0.39, 0.29) is 18.0 Å². The summed E-state index contributed by atoms with van der Waals surface area (Å²) in [5.74, 6) is 0.679. The fourth-order valence-corrected chi connectivity index (χ4v) is 3.54. The van der Waals surface area contributed by atoms with E-state index >= 15 is 0 Å². The van der Waals surface area contributed by atoms with Crippen molar-refractivity contribution in [1.82, 2.24) is 20.9 Å². The van der Waals surface area contributed by atoms with Crippen LogP contribution in [0, 0.1) is 0 Å². The second-order valence-corrected chi connectivity index (χ2v) is 6.51. The molecule has 7 nitrogen and oxygen atoms in total. The highest BCUT2D eigenvalue weighted by molar-refractivity contribution is 5.90. The number of carbonyl (C=O) groups excluding carboxylic acids is 2. The van der Waals surface area contributed by atoms with Crippen molar-refractivity contribution in [3.05, 3.63) is 29.8 Å². The van der Waals surface area contributed by atoms with E-state index in [1.54, 1.807) is 7.11 Å². The number of hydrogen-bond donors (Lipinski definition) is 3. The smallest absolute Gasteiger partial charge is 0.315 e. The minimum atomic E-state index is -0.507. The van der Waals surface area contributed by atoms with Gasteiger partial charge in [0.15, 0.2) is 0 Å². The van der Waals surface area contributed by atoms with Crippen LogP contribution in [0.5, 0.6) is 5.75 Å². The lowest BCUT2D eigenvalue weighted by atomic mass is 10.0. The highest BCUT2D eigenvalue weighted by atomic mass is 16.5. The van der Waals surface area contributed by atoms with E-state index in [4.69, 9.17) is 4.74 Å². The number of piperidine rings is 1. The standard InChI is InChI=1S/C18H26N4O3/c1-25-16-8-4-3-7-13(16)15(22-9-5-2-6-10-22)12-19-17(23)14-11-20-18(24)21-14/h3-4,7-8,14-15H,2,5-6,9-12H2,1H3,(H,19,23)(H2,20,21,24)/t14-,15-/m0/s1. The summed E-state index contributed by atoms with van der Waals surface area (Å²) < 4.78 is 5.53. The zero-order chi connectivity index (χ0) is 17.6. The van der Waals surface area contributed by atoms with Gasteiger partial charge in [0.25, 0.3) is 0 Å². The fraction of sp³-hybridized carbons (Fsp3) is 0.556. The number of rotatable bonds is 6. The molecule has 0 unspecified atom stereocenters. The normalized spacial score (nSPS) is 22.0. The first-order valence-corrected chi connectivity index (χ1v) is 8.88. The molecular weight excluding hydrogens is 320 g/mol. The molecule has 1 aromatic rings. The number of amides is 3. The molecule has 1 aromatic carbocycles. The van der Waals surface area contributed by atoms with Gasteiger partial charge in [0, 0.05) is 18.7 Å². The summed E-state index contributed by atoms with van der Waals surface area (Å²) >= 11 is 0. The van der Waals surface area contributed by atoms with Gasteiger partial charge >= 0.3 is 6.03 Å². The monoisotopic (exact) mass is 346 g/mol. The Balaban J connectivity index is 1.72. The van der Waals surface area contributed by atoms with Crippen LogP contribution in [0.25, 0.3) is 0 Å². The molecule has 3 rings (SSSR count). The van der Waals surface area contributed by atoms with Crippen LogP contribution in [0.15, 0.2) is 24.3 Å². The van der Waals surface area contributed by atoms with E-state index in [2.05, 4.69) is 26.9 Å². The van der Waals surface area contributed by atoms with Crippen molar-refractivity contribution in [3.8, 4) is 5.75 Å². The number of ether oxygens (including phenoxy) is 1. The lowest BCUT2D eigenvalue weighted by Gasteiger charge is -2.35. The first-order valence-electron chi connectivity index (χ1n) is 8.88. The first kappa shape index (κ1) is 17.5. The highest BCUT2D eigenvalue weighted by Crippen LogP contribution is 2.30. The molecule has 3 N–H and O–H groups in total. The van der Waals surface area contributed by atoms with Crippen molar-refractivity contribution in [2.24, 2.45) is 0 Å². The molecule has 25 heavy (non-hydrogen) atoms. The predicted molar refractivity (Wildman–Crippen MR) is 94.5 cm³/mol. The van der Waals surface area contributed by atoms with Crippen LogP contribution in [-0.2, 0) is 4.79 Å². The van der Waals surface area contributed by atoms with Crippen LogP contribution in [0.4, 0.5) is 4.79 Å². The molecule has 2 fully saturated rings. The fourth-order valence-electron chi connectivity index (χ4n) is 3.54. The number of hydrogen-bond acceptors (Lipinski definition) is 4. The van der Waals surface area contributed by atoms with Crippen molar-refractivity contribution in [1.29, 1.82) is 0 Å². The van der Waals surface area contributed by atoms with Gasteiger partial charge in [0.1, 0.15) is 11.8 Å². The molecule has 0 spiro atoms. The molecule has 0 saturated carbocycles. The maximum atomic E-state index is 12.3. The number of benzene rings is 1. The van der Waals surface area contributed by atoms with Crippen LogP contribution in [0.1, 0.15) is 30.9 Å². The number of para-hydroxylation sites is 1. The number of likely N-dealkylation sites (tertiary alicyclic amines) is 1. The van der Waals surface area contributed by atoms with Crippen LogP contribution in [0.3, 0.4) is 0 Å². The van der Waals surface area contributed by atoms with Gasteiger partial charge in [-0.1, -0.05) is 24.6 Å². The Morgan fingerprint density at radius 1 is 1.32 bits per heavy atom. The molecule has 2 atom stereocenters. The molecule has 0 radical (unpaired) electrons. The Hall–Kier alpha value is -2.28. The summed E-state index contributed by atoms with van der Waals surface area (Å²) in [6.07, 6.45) is 3.59. The van der Waals surface area contributed by atoms with Crippen LogP contribution >= 0.6 is 0 Å². The zero-order valence-corrected chi connectivity index (χ0v) is 14.6. The second kappa shape index (κ2) is 8.20. The molecule has 7 heteroatoms. The van der Waals surface area contributed by atoms with Crippen molar-refractivity contribution in [2.75, 3.05) is 33.3 Å². The number of nitrogens with one attached hydrogen (secondary N) is 3. The lowest BCUT2D eigenvalue weighted by Crippen LogP contribution is -2.47. The van der Waals surface area contributed by atoms with Crippen molar-refractivity contribution < 1.29 is 14.3 Å². The third-order valence-electron chi connectivity index (χ3n) is 4.89. The number of urea groups is 1. The molecule has 0 bridgehead atoms. The summed E-state index contributed by atoms with van der Waals surface area (Å²) in [4.78, 5) is 26.0. The Morgan fingerprint density at radius 2 is 2.08 bits per heavy atom. The quantitative estimate of drug-likeness (QED) is 0.718. The second-order valence-electron chi connectivity index (χ2n) is 6.51. The van der Waals surface area contributed by atoms with Gasteiger partial charge < -0.3 is 20.7 Å². The minimum Gasteiger partial charge on any atom is -0.496 e. The summed E-state index contributed by atoms with van der Waals surface area (Å²) in [6.45, 7) is 2.85. The van der Waals surface area contributed by atoms with E-state index < -0.39 is 6.04 Å². The van der Waals surface area contributed by atoms with Gasteiger partial charge in [-0.05, 0) is 32.0 Å². The molecule has 0 aromatic heterocycles. The SMILES string of the molecule is COc1ccccc1[C@H](CNC(=O)[C@@H]1CNC(=O)N1)N1CCCCC1. The van der Waals surface area contributed by atoms with Gasteiger partial charge in [-0.15, -0.1) is 0 Å². The third-order valence-corrected chi connectivity index (χ3v) is 4.89. The maximum absolute atomic E-state index is 12.3. The summed E-state index contributed by atoms with van der Waals surface area (Å²) in [5.41, 5.74) is 1.08. The van der Waals surface area contributed by atoms with Gasteiger partial charge in [-0.25, -0.2) is 4.79 Å². The Kier molecular flexibility index (Phi) is 5.75. The molecular formula is C18H26N4O3. The van der Waals surface area contributed by atoms with Crippen molar-refractivity contribution >= 4 is 11.9 Å². The van der Waals surface area contributed by atoms with Gasteiger partial charge in [-0.3, -0.25) is 9.69 Å². The first-order chi connectivity index (χ1) is 12.2. The number of carbonyl (C=O) groups is 2. The topological polar surface area (TPSA) is 82.7 Å². The lowest BCUT2D eigenvalue weighted by molar-refractivity contribution is -0.122. The van der Waals surface area contributed by atoms with Crippen molar-refractivity contribution in [3.63, 3.8) is 0 Å². The van der Waals surface area contributed by atoms with Crippen LogP contribution in [-0.4, -0.2) is 56.2 Å².